The Morgan fingerprint density at radius 1 is 1.14 bits per heavy atom. The molecule has 1 N–H and O–H groups in total. The molecule has 108 valence electrons. The van der Waals surface area contributed by atoms with Gasteiger partial charge in [-0.15, -0.1) is 0 Å². The van der Waals surface area contributed by atoms with Gasteiger partial charge in [0.25, 0.3) is 10.0 Å². The van der Waals surface area contributed by atoms with Crippen molar-refractivity contribution in [2.75, 3.05) is 11.8 Å². The third kappa shape index (κ3) is 3.52. The average molecular weight is 302 g/mol. The summed E-state index contributed by atoms with van der Waals surface area (Å²) in [6, 6.07) is 15.1. The van der Waals surface area contributed by atoms with E-state index in [1.807, 2.05) is 6.07 Å². The van der Waals surface area contributed by atoms with Crippen LogP contribution in [0.4, 0.5) is 5.69 Å². The van der Waals surface area contributed by atoms with E-state index in [-0.39, 0.29) is 10.6 Å². The third-order valence-corrected chi connectivity index (χ3v) is 4.27. The minimum absolute atomic E-state index is 0.0774. The zero-order chi connectivity index (χ0) is 15.3. The number of nitrogens with one attached hydrogen (secondary N) is 1. The molecule has 0 atom stereocenters. The molecule has 2 aromatic rings. The number of ether oxygens (including phenoxy) is 1. The largest absolute Gasteiger partial charge is 0.495 e. The van der Waals surface area contributed by atoms with Gasteiger partial charge in [0.1, 0.15) is 10.6 Å². The zero-order valence-corrected chi connectivity index (χ0v) is 12.2. The number of para-hydroxylation sites is 1. The molecule has 0 aliphatic heterocycles. The predicted molar refractivity (Wildman–Crippen MR) is 79.6 cm³/mol. The summed E-state index contributed by atoms with van der Waals surface area (Å²) in [4.78, 5) is 0.0774. The Labute approximate surface area is 123 Å². The number of rotatable bonds is 5. The first kappa shape index (κ1) is 14.9. The van der Waals surface area contributed by atoms with Gasteiger partial charge >= 0.3 is 0 Å². The lowest BCUT2D eigenvalue weighted by atomic mass is 10.1. The van der Waals surface area contributed by atoms with Crippen LogP contribution < -0.4 is 9.46 Å². The molecule has 0 spiro atoms. The molecule has 21 heavy (non-hydrogen) atoms. The molecule has 0 unspecified atom stereocenters. The van der Waals surface area contributed by atoms with E-state index in [0.717, 1.165) is 5.56 Å². The van der Waals surface area contributed by atoms with Crippen molar-refractivity contribution in [3.8, 4) is 11.8 Å². The van der Waals surface area contributed by atoms with Crippen molar-refractivity contribution in [1.82, 2.24) is 0 Å². The van der Waals surface area contributed by atoms with E-state index in [4.69, 9.17) is 10.00 Å². The summed E-state index contributed by atoms with van der Waals surface area (Å²) >= 11 is 0. The van der Waals surface area contributed by atoms with Crippen LogP contribution in [0, 0.1) is 11.3 Å². The maximum absolute atomic E-state index is 12.3. The van der Waals surface area contributed by atoms with Gasteiger partial charge in [-0.25, -0.2) is 8.42 Å². The number of hydrogen-bond acceptors (Lipinski definition) is 4. The fourth-order valence-electron chi connectivity index (χ4n) is 1.83. The Morgan fingerprint density at radius 3 is 2.43 bits per heavy atom. The quantitative estimate of drug-likeness (QED) is 0.920. The number of nitriles is 1. The maximum Gasteiger partial charge on any atom is 0.265 e. The van der Waals surface area contributed by atoms with E-state index < -0.39 is 10.0 Å². The second-order valence-corrected chi connectivity index (χ2v) is 5.94. The Hall–Kier alpha value is -2.52. The standard InChI is InChI=1S/C15H14N2O3S/c1-20-14-4-2-3-5-15(14)21(18,19)17-13-8-6-12(7-9-13)10-11-16/h2-9,17H,10H2,1H3. The van der Waals surface area contributed by atoms with Crippen LogP contribution in [0.25, 0.3) is 0 Å². The summed E-state index contributed by atoms with van der Waals surface area (Å²) < 4.78 is 32.3. The molecule has 0 saturated heterocycles. The van der Waals surface area contributed by atoms with Crippen LogP contribution in [0.1, 0.15) is 5.56 Å². The molecule has 0 aliphatic carbocycles. The molecule has 0 amide bonds. The maximum atomic E-state index is 12.3. The fraction of sp³-hybridized carbons (Fsp3) is 0.133. The van der Waals surface area contributed by atoms with Crippen molar-refractivity contribution in [2.45, 2.75) is 11.3 Å². The molecule has 2 rings (SSSR count). The van der Waals surface area contributed by atoms with Gasteiger partial charge in [-0.1, -0.05) is 24.3 Å². The van der Waals surface area contributed by atoms with E-state index in [9.17, 15) is 8.42 Å². The molecule has 0 aromatic heterocycles. The number of benzene rings is 2. The van der Waals surface area contributed by atoms with Crippen molar-refractivity contribution in [1.29, 1.82) is 5.26 Å². The monoisotopic (exact) mass is 302 g/mol. The van der Waals surface area contributed by atoms with Crippen LogP contribution in [-0.4, -0.2) is 15.5 Å². The van der Waals surface area contributed by atoms with Gasteiger partial charge < -0.3 is 4.74 Å². The highest BCUT2D eigenvalue weighted by molar-refractivity contribution is 7.92. The Balaban J connectivity index is 2.27. The van der Waals surface area contributed by atoms with Crippen LogP contribution >= 0.6 is 0 Å². The molecule has 6 heteroatoms. The van der Waals surface area contributed by atoms with Crippen molar-refractivity contribution in [3.63, 3.8) is 0 Å². The molecule has 2 aromatic carbocycles. The Kier molecular flexibility index (Phi) is 4.45. The summed E-state index contributed by atoms with van der Waals surface area (Å²) in [6.07, 6.45) is 0.291. The highest BCUT2D eigenvalue weighted by Gasteiger charge is 2.18. The summed E-state index contributed by atoms with van der Waals surface area (Å²) in [7, 11) is -2.30. The van der Waals surface area contributed by atoms with Crippen LogP contribution in [0.15, 0.2) is 53.4 Å². The zero-order valence-electron chi connectivity index (χ0n) is 11.4. The Morgan fingerprint density at radius 2 is 1.81 bits per heavy atom. The van der Waals surface area contributed by atoms with E-state index >= 15 is 0 Å². The number of nitrogens with zero attached hydrogens (tertiary/aromatic N) is 1. The molecule has 0 radical (unpaired) electrons. The van der Waals surface area contributed by atoms with Crippen molar-refractivity contribution in [3.05, 3.63) is 54.1 Å². The van der Waals surface area contributed by atoms with Crippen molar-refractivity contribution in [2.24, 2.45) is 0 Å². The lowest BCUT2D eigenvalue weighted by Crippen LogP contribution is -2.14. The predicted octanol–water partition coefficient (Wildman–Crippen LogP) is 2.56. The van der Waals surface area contributed by atoms with Crippen molar-refractivity contribution >= 4 is 15.7 Å². The fourth-order valence-corrected chi connectivity index (χ4v) is 3.06. The van der Waals surface area contributed by atoms with Gasteiger partial charge in [-0.05, 0) is 29.8 Å². The third-order valence-electron chi connectivity index (χ3n) is 2.85. The number of methoxy groups -OCH3 is 1. The van der Waals surface area contributed by atoms with E-state index in [1.54, 1.807) is 42.5 Å². The lowest BCUT2D eigenvalue weighted by molar-refractivity contribution is 0.403. The van der Waals surface area contributed by atoms with Crippen LogP contribution in [-0.2, 0) is 16.4 Å². The SMILES string of the molecule is COc1ccccc1S(=O)(=O)Nc1ccc(CC#N)cc1. The minimum atomic E-state index is -3.72. The number of hydrogen-bond donors (Lipinski definition) is 1. The van der Waals surface area contributed by atoms with Crippen LogP contribution in [0.2, 0.25) is 0 Å². The first-order valence-corrected chi connectivity index (χ1v) is 7.67. The van der Waals surface area contributed by atoms with E-state index in [1.165, 1.54) is 13.2 Å². The molecule has 0 fully saturated rings. The number of anilines is 1. The van der Waals surface area contributed by atoms with Crippen molar-refractivity contribution < 1.29 is 13.2 Å². The first-order valence-electron chi connectivity index (χ1n) is 6.18. The summed E-state index contributed by atoms with van der Waals surface area (Å²) in [6.45, 7) is 0. The molecule has 0 bridgehead atoms. The molecule has 0 aliphatic rings. The molecule has 5 nitrogen and oxygen atoms in total. The van der Waals surface area contributed by atoms with Crippen LogP contribution in [0.3, 0.4) is 0 Å². The molecular formula is C15H14N2O3S. The van der Waals surface area contributed by atoms with E-state index in [2.05, 4.69) is 4.72 Å². The van der Waals surface area contributed by atoms with Crippen LogP contribution in [0.5, 0.6) is 5.75 Å². The van der Waals surface area contributed by atoms with Gasteiger partial charge in [0, 0.05) is 5.69 Å². The van der Waals surface area contributed by atoms with Gasteiger partial charge in [-0.2, -0.15) is 5.26 Å². The van der Waals surface area contributed by atoms with Gasteiger partial charge in [0.05, 0.1) is 19.6 Å². The minimum Gasteiger partial charge on any atom is -0.495 e. The summed E-state index contributed by atoms with van der Waals surface area (Å²) in [5, 5.41) is 8.61. The number of sulfonamides is 1. The summed E-state index contributed by atoms with van der Waals surface area (Å²) in [5.41, 5.74) is 1.26. The second kappa shape index (κ2) is 6.29. The first-order chi connectivity index (χ1) is 10.1. The average Bonchev–Trinajstić information content (AvgIpc) is 2.49. The highest BCUT2D eigenvalue weighted by Crippen LogP contribution is 2.25. The van der Waals surface area contributed by atoms with E-state index in [0.29, 0.717) is 12.1 Å². The van der Waals surface area contributed by atoms with Gasteiger partial charge in [0.15, 0.2) is 0 Å². The smallest absolute Gasteiger partial charge is 0.265 e. The summed E-state index contributed by atoms with van der Waals surface area (Å²) in [5.74, 6) is 0.283. The lowest BCUT2D eigenvalue weighted by Gasteiger charge is -2.11. The molecular weight excluding hydrogens is 288 g/mol. The second-order valence-electron chi connectivity index (χ2n) is 4.29. The normalized spacial score (nSPS) is 10.7. The Bertz CT molecular complexity index is 762. The van der Waals surface area contributed by atoms with Gasteiger partial charge in [-0.3, -0.25) is 4.72 Å². The molecule has 0 heterocycles. The van der Waals surface area contributed by atoms with Gasteiger partial charge in [0.2, 0.25) is 0 Å². The molecule has 0 saturated carbocycles. The highest BCUT2D eigenvalue weighted by atomic mass is 32.2. The topological polar surface area (TPSA) is 79.2 Å².